The summed E-state index contributed by atoms with van der Waals surface area (Å²) >= 11 is 0. The van der Waals surface area contributed by atoms with Gasteiger partial charge in [0.15, 0.2) is 0 Å². The molecule has 2 heterocycles. The van der Waals surface area contributed by atoms with Gasteiger partial charge in [0.2, 0.25) is 0 Å². The van der Waals surface area contributed by atoms with Crippen LogP contribution in [0.5, 0.6) is 0 Å². The van der Waals surface area contributed by atoms with E-state index in [1.54, 1.807) is 0 Å². The number of hydrogen-bond donors (Lipinski definition) is 0. The van der Waals surface area contributed by atoms with Gasteiger partial charge in [0.25, 0.3) is 0 Å². The van der Waals surface area contributed by atoms with E-state index < -0.39 is 15.4 Å². The zero-order valence-electron chi connectivity index (χ0n) is 15.6. The molecule has 26 heavy (non-hydrogen) atoms. The van der Waals surface area contributed by atoms with Crippen LogP contribution < -0.4 is 0 Å². The van der Waals surface area contributed by atoms with Gasteiger partial charge in [0.05, 0.1) is 12.3 Å². The Morgan fingerprint density at radius 2 is 1.85 bits per heavy atom. The number of ether oxygens (including phenoxy) is 1. The lowest BCUT2D eigenvalue weighted by Crippen LogP contribution is -2.50. The van der Waals surface area contributed by atoms with Crippen LogP contribution in [0.2, 0.25) is 0 Å². The summed E-state index contributed by atoms with van der Waals surface area (Å²) in [6.45, 7) is 4.77. The fraction of sp³-hybridized carbons (Fsp3) is 0.632. The first-order valence-corrected chi connectivity index (χ1v) is 11.3. The van der Waals surface area contributed by atoms with E-state index >= 15 is 0 Å². The van der Waals surface area contributed by atoms with Crippen LogP contribution in [0.3, 0.4) is 0 Å². The molecular formula is C19H28N2O4S. The predicted octanol–water partition coefficient (Wildman–Crippen LogP) is 1.95. The number of nitrogens with zero attached hydrogens (tertiary/aromatic N) is 2. The van der Waals surface area contributed by atoms with Gasteiger partial charge in [-0.25, -0.2) is 13.2 Å². The predicted molar refractivity (Wildman–Crippen MR) is 101 cm³/mol. The molecule has 2 aliphatic heterocycles. The molecule has 6 nitrogen and oxygen atoms in total. The topological polar surface area (TPSA) is 66.9 Å². The number of piperidine rings is 1. The third kappa shape index (κ3) is 4.76. The van der Waals surface area contributed by atoms with E-state index in [2.05, 4.69) is 17.0 Å². The number of amides is 1. The third-order valence-corrected chi connectivity index (χ3v) is 6.52. The second-order valence-electron chi connectivity index (χ2n) is 7.69. The zero-order valence-corrected chi connectivity index (χ0v) is 16.4. The molecule has 0 saturated carbocycles. The summed E-state index contributed by atoms with van der Waals surface area (Å²) in [5, 5.41) is 0. The highest BCUT2D eigenvalue weighted by Crippen LogP contribution is 2.34. The average molecular weight is 381 g/mol. The van der Waals surface area contributed by atoms with Gasteiger partial charge in [-0.1, -0.05) is 30.3 Å². The molecule has 2 fully saturated rings. The Labute approximate surface area is 156 Å². The van der Waals surface area contributed by atoms with Gasteiger partial charge >= 0.3 is 6.09 Å². The molecule has 3 rings (SSSR count). The minimum absolute atomic E-state index is 0.00589. The molecule has 1 amide bonds. The first-order chi connectivity index (χ1) is 12.3. The SMILES string of the molecule is CC(CS(C)(=O)=O)N1CCC2(CC1)CN(CCc1ccccc1)C(=O)O2. The molecule has 0 radical (unpaired) electrons. The maximum absolute atomic E-state index is 12.3. The molecule has 2 aliphatic rings. The number of benzene rings is 1. The number of carbonyl (C=O) groups is 1. The van der Waals surface area contributed by atoms with Gasteiger partial charge in [-0.05, 0) is 18.9 Å². The maximum atomic E-state index is 12.3. The molecule has 1 aromatic rings. The fourth-order valence-corrected chi connectivity index (χ4v) is 5.04. The molecule has 0 N–H and O–H groups in total. The van der Waals surface area contributed by atoms with Crippen molar-refractivity contribution in [1.82, 2.24) is 9.80 Å². The zero-order chi connectivity index (χ0) is 18.8. The summed E-state index contributed by atoms with van der Waals surface area (Å²) in [7, 11) is -2.99. The van der Waals surface area contributed by atoms with Crippen LogP contribution in [0.15, 0.2) is 30.3 Å². The molecule has 1 spiro atoms. The number of sulfone groups is 1. The van der Waals surface area contributed by atoms with Crippen LogP contribution in [0.4, 0.5) is 4.79 Å². The van der Waals surface area contributed by atoms with Crippen LogP contribution in [0.25, 0.3) is 0 Å². The molecule has 2 saturated heterocycles. The van der Waals surface area contributed by atoms with Crippen LogP contribution in [0, 0.1) is 0 Å². The molecule has 7 heteroatoms. The molecule has 1 aromatic carbocycles. The van der Waals surface area contributed by atoms with E-state index in [4.69, 9.17) is 4.74 Å². The number of hydrogen-bond acceptors (Lipinski definition) is 5. The summed E-state index contributed by atoms with van der Waals surface area (Å²) in [5.74, 6) is 0.170. The van der Waals surface area contributed by atoms with Crippen molar-refractivity contribution in [2.45, 2.75) is 37.8 Å². The summed E-state index contributed by atoms with van der Waals surface area (Å²) in [6.07, 6.45) is 3.39. The first-order valence-electron chi connectivity index (χ1n) is 9.20. The Morgan fingerprint density at radius 3 is 2.46 bits per heavy atom. The standard InChI is InChI=1S/C19H28N2O4S/c1-16(14-26(2,23)24)20-12-9-19(10-13-20)15-21(18(22)25-19)11-8-17-6-4-3-5-7-17/h3-7,16H,8-15H2,1-2H3. The Morgan fingerprint density at radius 1 is 1.19 bits per heavy atom. The Kier molecular flexibility index (Phi) is 5.58. The summed E-state index contributed by atoms with van der Waals surface area (Å²) in [6, 6.07) is 10.1. The van der Waals surface area contributed by atoms with E-state index in [1.165, 1.54) is 11.8 Å². The molecule has 0 aliphatic carbocycles. The highest BCUT2D eigenvalue weighted by Gasteiger charge is 2.47. The largest absolute Gasteiger partial charge is 0.441 e. The highest BCUT2D eigenvalue weighted by atomic mass is 32.2. The van der Waals surface area contributed by atoms with Gasteiger partial charge in [0.1, 0.15) is 15.4 Å². The molecule has 0 aromatic heterocycles. The van der Waals surface area contributed by atoms with Crippen LogP contribution >= 0.6 is 0 Å². The smallest absolute Gasteiger partial charge is 0.410 e. The first kappa shape index (κ1) is 19.2. The Hall–Kier alpha value is -1.60. The summed E-state index contributed by atoms with van der Waals surface area (Å²) < 4.78 is 28.8. The van der Waals surface area contributed by atoms with Crippen LogP contribution in [-0.4, -0.2) is 74.1 Å². The molecular weight excluding hydrogens is 352 g/mol. The van der Waals surface area contributed by atoms with Crippen LogP contribution in [0.1, 0.15) is 25.3 Å². The van der Waals surface area contributed by atoms with E-state index in [0.29, 0.717) is 13.1 Å². The molecule has 1 unspecified atom stereocenters. The van der Waals surface area contributed by atoms with Crippen molar-refractivity contribution >= 4 is 15.9 Å². The van der Waals surface area contributed by atoms with E-state index in [9.17, 15) is 13.2 Å². The second-order valence-corrected chi connectivity index (χ2v) is 9.87. The fourth-order valence-electron chi connectivity index (χ4n) is 3.95. The molecule has 144 valence electrons. The van der Waals surface area contributed by atoms with Crippen molar-refractivity contribution in [3.05, 3.63) is 35.9 Å². The lowest BCUT2D eigenvalue weighted by Gasteiger charge is -2.40. The lowest BCUT2D eigenvalue weighted by molar-refractivity contribution is -0.00602. The van der Waals surface area contributed by atoms with Gasteiger partial charge in [-0.2, -0.15) is 0 Å². The van der Waals surface area contributed by atoms with Crippen molar-refractivity contribution in [2.75, 3.05) is 38.2 Å². The van der Waals surface area contributed by atoms with Crippen molar-refractivity contribution in [2.24, 2.45) is 0 Å². The normalized spacial score (nSPS) is 21.8. The minimum atomic E-state index is -2.99. The van der Waals surface area contributed by atoms with Gasteiger partial charge in [-0.3, -0.25) is 4.90 Å². The van der Waals surface area contributed by atoms with Gasteiger partial charge in [-0.15, -0.1) is 0 Å². The monoisotopic (exact) mass is 380 g/mol. The van der Waals surface area contributed by atoms with Crippen molar-refractivity contribution < 1.29 is 17.9 Å². The number of rotatable bonds is 6. The lowest BCUT2D eigenvalue weighted by atomic mass is 9.90. The average Bonchev–Trinajstić information content (AvgIpc) is 2.88. The van der Waals surface area contributed by atoms with Crippen LogP contribution in [-0.2, 0) is 21.0 Å². The van der Waals surface area contributed by atoms with Crippen molar-refractivity contribution in [3.8, 4) is 0 Å². The Bertz CT molecular complexity index is 727. The maximum Gasteiger partial charge on any atom is 0.410 e. The van der Waals surface area contributed by atoms with Gasteiger partial charge < -0.3 is 9.64 Å². The van der Waals surface area contributed by atoms with E-state index in [0.717, 1.165) is 32.4 Å². The number of likely N-dealkylation sites (tertiary alicyclic amines) is 1. The van der Waals surface area contributed by atoms with E-state index in [1.807, 2.05) is 30.0 Å². The highest BCUT2D eigenvalue weighted by molar-refractivity contribution is 7.90. The van der Waals surface area contributed by atoms with Gasteiger partial charge in [0, 0.05) is 44.8 Å². The number of carbonyl (C=O) groups excluding carboxylic acids is 1. The Balaban J connectivity index is 1.52. The summed E-state index contributed by atoms with van der Waals surface area (Å²) in [4.78, 5) is 16.3. The quantitative estimate of drug-likeness (QED) is 0.755. The third-order valence-electron chi connectivity index (χ3n) is 5.43. The second kappa shape index (κ2) is 7.56. The van der Waals surface area contributed by atoms with E-state index in [-0.39, 0.29) is 17.9 Å². The minimum Gasteiger partial charge on any atom is -0.441 e. The van der Waals surface area contributed by atoms with Crippen molar-refractivity contribution in [1.29, 1.82) is 0 Å². The molecule has 1 atom stereocenters. The van der Waals surface area contributed by atoms with Crippen molar-refractivity contribution in [3.63, 3.8) is 0 Å². The summed E-state index contributed by atoms with van der Waals surface area (Å²) in [5.41, 5.74) is 0.806. The molecule has 0 bridgehead atoms.